The molecule has 0 bridgehead atoms. The second-order valence-corrected chi connectivity index (χ2v) is 8.18. The Morgan fingerprint density at radius 1 is 1.19 bits per heavy atom. The maximum Gasteiger partial charge on any atom is 0.170 e. The van der Waals surface area contributed by atoms with Crippen LogP contribution in [-0.2, 0) is 0 Å². The first-order valence-corrected chi connectivity index (χ1v) is 10.2. The van der Waals surface area contributed by atoms with Gasteiger partial charge in [0.2, 0.25) is 0 Å². The summed E-state index contributed by atoms with van der Waals surface area (Å²) in [6, 6.07) is 10.1. The zero-order chi connectivity index (χ0) is 14.8. The fraction of sp³-hybridized carbons (Fsp3) is 0.562. The molecular formula is C16H24N2S3. The molecule has 1 unspecified atom stereocenters. The molecule has 1 heterocycles. The van der Waals surface area contributed by atoms with E-state index in [1.807, 2.05) is 30.3 Å². The zero-order valence-corrected chi connectivity index (χ0v) is 14.8. The fourth-order valence-corrected chi connectivity index (χ4v) is 5.09. The summed E-state index contributed by atoms with van der Waals surface area (Å²) in [6.07, 6.45) is 5.22. The number of hydrogen-bond acceptors (Lipinski definition) is 3. The number of thioether (sulfide) groups is 2. The van der Waals surface area contributed by atoms with Crippen LogP contribution in [0.15, 0.2) is 30.3 Å². The number of anilines is 1. The summed E-state index contributed by atoms with van der Waals surface area (Å²) in [7, 11) is 0. The molecule has 0 aliphatic carbocycles. The lowest BCUT2D eigenvalue weighted by Crippen LogP contribution is -2.29. The van der Waals surface area contributed by atoms with E-state index in [4.69, 9.17) is 12.2 Å². The van der Waals surface area contributed by atoms with E-state index in [1.165, 1.54) is 42.9 Å². The van der Waals surface area contributed by atoms with Gasteiger partial charge in [-0.3, -0.25) is 0 Å². The molecule has 1 aliphatic heterocycles. The molecule has 2 N–H and O–H groups in total. The molecule has 21 heavy (non-hydrogen) atoms. The topological polar surface area (TPSA) is 24.1 Å². The Labute approximate surface area is 142 Å². The Morgan fingerprint density at radius 3 is 2.90 bits per heavy atom. The summed E-state index contributed by atoms with van der Waals surface area (Å²) in [5.41, 5.74) is 1.04. The molecule has 2 rings (SSSR count). The molecule has 0 aromatic heterocycles. The minimum absolute atomic E-state index is 0.724. The average molecular weight is 341 g/mol. The van der Waals surface area contributed by atoms with E-state index in [-0.39, 0.29) is 0 Å². The second-order valence-electron chi connectivity index (χ2n) is 5.14. The standard InChI is InChI=1S/C16H24N2S3/c19-16(18-14-6-2-1-3-7-14)17-10-4-8-15-9-13-20-11-5-12-21-15/h1-3,6-7,15H,4-5,8-13H2,(H2,17,18,19). The predicted octanol–water partition coefficient (Wildman–Crippen LogP) is 4.38. The number of para-hydroxylation sites is 1. The number of thiocarbonyl (C=S) groups is 1. The molecular weight excluding hydrogens is 316 g/mol. The van der Waals surface area contributed by atoms with Gasteiger partial charge in [-0.15, -0.1) is 0 Å². The summed E-state index contributed by atoms with van der Waals surface area (Å²) in [4.78, 5) is 0. The van der Waals surface area contributed by atoms with Crippen LogP contribution in [0.2, 0.25) is 0 Å². The van der Waals surface area contributed by atoms with Gasteiger partial charge < -0.3 is 10.6 Å². The minimum atomic E-state index is 0.724. The van der Waals surface area contributed by atoms with Crippen molar-refractivity contribution in [2.45, 2.75) is 30.9 Å². The van der Waals surface area contributed by atoms with Crippen LogP contribution < -0.4 is 10.6 Å². The molecule has 116 valence electrons. The third-order valence-corrected chi connectivity index (χ3v) is 6.21. The molecule has 0 spiro atoms. The van der Waals surface area contributed by atoms with Gasteiger partial charge in [0.05, 0.1) is 0 Å². The summed E-state index contributed by atoms with van der Waals surface area (Å²) in [5.74, 6) is 4.01. The van der Waals surface area contributed by atoms with Crippen molar-refractivity contribution in [2.24, 2.45) is 0 Å². The molecule has 0 radical (unpaired) electrons. The van der Waals surface area contributed by atoms with Gasteiger partial charge in [-0.2, -0.15) is 23.5 Å². The molecule has 1 saturated heterocycles. The van der Waals surface area contributed by atoms with E-state index in [9.17, 15) is 0 Å². The van der Waals surface area contributed by atoms with Crippen LogP contribution in [0.1, 0.15) is 25.7 Å². The fourth-order valence-electron chi connectivity index (χ4n) is 2.27. The smallest absolute Gasteiger partial charge is 0.170 e. The van der Waals surface area contributed by atoms with Gasteiger partial charge in [0.15, 0.2) is 5.11 Å². The second kappa shape index (κ2) is 10.4. The van der Waals surface area contributed by atoms with Crippen molar-refractivity contribution in [3.05, 3.63) is 30.3 Å². The molecule has 1 aromatic rings. The van der Waals surface area contributed by atoms with Crippen molar-refractivity contribution >= 4 is 46.5 Å². The van der Waals surface area contributed by atoms with Crippen LogP contribution in [0, 0.1) is 0 Å². The molecule has 1 aromatic carbocycles. The minimum Gasteiger partial charge on any atom is -0.362 e. The van der Waals surface area contributed by atoms with E-state index >= 15 is 0 Å². The van der Waals surface area contributed by atoms with Crippen molar-refractivity contribution in [3.8, 4) is 0 Å². The van der Waals surface area contributed by atoms with E-state index in [1.54, 1.807) is 0 Å². The number of hydrogen-bond donors (Lipinski definition) is 2. The van der Waals surface area contributed by atoms with Crippen LogP contribution in [0.4, 0.5) is 5.69 Å². The van der Waals surface area contributed by atoms with Crippen LogP contribution in [0.25, 0.3) is 0 Å². The first kappa shape index (κ1) is 17.0. The third-order valence-electron chi connectivity index (χ3n) is 3.39. The van der Waals surface area contributed by atoms with Crippen molar-refractivity contribution in [3.63, 3.8) is 0 Å². The third kappa shape index (κ3) is 7.43. The summed E-state index contributed by atoms with van der Waals surface area (Å²) in [5, 5.41) is 8.08. The van der Waals surface area contributed by atoms with Gasteiger partial charge in [-0.05, 0) is 67.3 Å². The van der Waals surface area contributed by atoms with Crippen LogP contribution in [0.5, 0.6) is 0 Å². The van der Waals surface area contributed by atoms with Gasteiger partial charge >= 0.3 is 0 Å². The highest BCUT2D eigenvalue weighted by molar-refractivity contribution is 8.01. The van der Waals surface area contributed by atoms with Crippen LogP contribution in [0.3, 0.4) is 0 Å². The van der Waals surface area contributed by atoms with Crippen molar-refractivity contribution in [2.75, 3.05) is 29.1 Å². The van der Waals surface area contributed by atoms with Gasteiger partial charge in [-0.1, -0.05) is 18.2 Å². The highest BCUT2D eigenvalue weighted by atomic mass is 32.2. The zero-order valence-electron chi connectivity index (χ0n) is 12.3. The Bertz CT molecular complexity index is 403. The Hall–Kier alpha value is -0.390. The van der Waals surface area contributed by atoms with Crippen molar-refractivity contribution < 1.29 is 0 Å². The van der Waals surface area contributed by atoms with Crippen molar-refractivity contribution in [1.29, 1.82) is 0 Å². The molecule has 1 aliphatic rings. The van der Waals surface area contributed by atoms with Gasteiger partial charge in [0, 0.05) is 17.5 Å². The molecule has 1 fully saturated rings. The maximum atomic E-state index is 5.31. The largest absolute Gasteiger partial charge is 0.362 e. The Morgan fingerprint density at radius 2 is 2.05 bits per heavy atom. The predicted molar refractivity (Wildman–Crippen MR) is 103 cm³/mol. The maximum absolute atomic E-state index is 5.31. The van der Waals surface area contributed by atoms with Crippen LogP contribution >= 0.6 is 35.7 Å². The molecule has 2 nitrogen and oxygen atoms in total. The number of nitrogens with one attached hydrogen (secondary N) is 2. The van der Waals surface area contributed by atoms with Gasteiger partial charge in [0.25, 0.3) is 0 Å². The van der Waals surface area contributed by atoms with Gasteiger partial charge in [-0.25, -0.2) is 0 Å². The highest BCUT2D eigenvalue weighted by Crippen LogP contribution is 2.25. The van der Waals surface area contributed by atoms with Crippen molar-refractivity contribution in [1.82, 2.24) is 5.32 Å². The van der Waals surface area contributed by atoms with E-state index in [0.29, 0.717) is 0 Å². The number of rotatable bonds is 5. The highest BCUT2D eigenvalue weighted by Gasteiger charge is 2.11. The first-order valence-electron chi connectivity index (χ1n) is 7.64. The molecule has 0 saturated carbocycles. The van der Waals surface area contributed by atoms with E-state index in [0.717, 1.165) is 22.6 Å². The summed E-state index contributed by atoms with van der Waals surface area (Å²) < 4.78 is 0. The summed E-state index contributed by atoms with van der Waals surface area (Å²) in [6.45, 7) is 0.961. The van der Waals surface area contributed by atoms with E-state index in [2.05, 4.69) is 34.2 Å². The Balaban J connectivity index is 1.57. The lowest BCUT2D eigenvalue weighted by Gasteiger charge is -2.19. The monoisotopic (exact) mass is 340 g/mol. The lowest BCUT2D eigenvalue weighted by atomic mass is 10.2. The SMILES string of the molecule is S=C(NCCCC1CCSCCCS1)Nc1ccccc1. The molecule has 5 heteroatoms. The first-order chi connectivity index (χ1) is 10.3. The quantitative estimate of drug-likeness (QED) is 0.612. The molecule has 0 amide bonds. The average Bonchev–Trinajstić information content (AvgIpc) is 2.46. The normalized spacial score (nSPS) is 19.3. The van der Waals surface area contributed by atoms with E-state index < -0.39 is 0 Å². The molecule has 1 atom stereocenters. The number of benzene rings is 1. The van der Waals surface area contributed by atoms with Gasteiger partial charge in [0.1, 0.15) is 0 Å². The lowest BCUT2D eigenvalue weighted by molar-refractivity contribution is 0.670. The summed E-state index contributed by atoms with van der Waals surface area (Å²) >= 11 is 9.60. The Kier molecular flexibility index (Phi) is 8.37. The van der Waals surface area contributed by atoms with Crippen LogP contribution in [-0.4, -0.2) is 34.2 Å².